The van der Waals surface area contributed by atoms with Crippen LogP contribution in [0, 0.1) is 18.3 Å². The van der Waals surface area contributed by atoms with E-state index < -0.39 is 8.07 Å². The zero-order valence-electron chi connectivity index (χ0n) is 34.9. The number of aryl methyl sites for hydroxylation is 2. The molecule has 2 aromatic heterocycles. The summed E-state index contributed by atoms with van der Waals surface area (Å²) in [5.41, 5.74) is 16.5. The summed E-state index contributed by atoms with van der Waals surface area (Å²) in [6.07, 6.45) is 2.36. The van der Waals surface area contributed by atoms with Crippen molar-refractivity contribution in [3.8, 4) is 39.6 Å². The lowest BCUT2D eigenvalue weighted by atomic mass is 9.76. The number of hydrogen-bond acceptors (Lipinski definition) is 2. The van der Waals surface area contributed by atoms with Gasteiger partial charge in [-0.15, -0.1) is 0 Å². The molecule has 6 aromatic rings. The molecule has 0 bridgehead atoms. The molecule has 0 saturated heterocycles. The van der Waals surface area contributed by atoms with Crippen molar-refractivity contribution in [1.29, 1.82) is 5.26 Å². The van der Waals surface area contributed by atoms with Gasteiger partial charge in [-0.3, -0.25) is 0 Å². The molecule has 0 aliphatic rings. The third-order valence-electron chi connectivity index (χ3n) is 11.0. The molecule has 0 fully saturated rings. The monoisotopic (exact) mass is 719 g/mol. The van der Waals surface area contributed by atoms with Crippen LogP contribution in [0.5, 0.6) is 0 Å². The van der Waals surface area contributed by atoms with Gasteiger partial charge < -0.3 is 4.42 Å². The lowest BCUT2D eigenvalue weighted by molar-refractivity contribution is -0.660. The van der Waals surface area contributed by atoms with Gasteiger partial charge in [0.1, 0.15) is 18.2 Å². The van der Waals surface area contributed by atoms with Crippen LogP contribution < -0.4 is 9.75 Å². The molecule has 53 heavy (non-hydrogen) atoms. The molecule has 3 nitrogen and oxygen atoms in total. The van der Waals surface area contributed by atoms with Crippen molar-refractivity contribution < 1.29 is 8.98 Å². The maximum absolute atomic E-state index is 10.1. The van der Waals surface area contributed by atoms with Crippen LogP contribution in [0.1, 0.15) is 114 Å². The first-order valence-corrected chi connectivity index (χ1v) is 22.9. The standard InChI is InChI=1S/C49H59N2OSi/c1-29(2)38-24-34(32-17-20-35(21-18-32)48(6,7)8)25-39(30(3)4)44(38)40-26-42(51(12)28-41(40)49(9,10)11)43-31(5)16-22-36-37-23-19-33(27-50)47(53(13,14)15)46(37)52-45(36)43/h16-26,28-30H,1-15H3/q+1. The third-order valence-corrected chi connectivity index (χ3v) is 13.0. The minimum Gasteiger partial charge on any atom is -0.455 e. The van der Waals surface area contributed by atoms with Crippen molar-refractivity contribution in [1.82, 2.24) is 0 Å². The number of pyridine rings is 1. The normalized spacial score (nSPS) is 12.8. The van der Waals surface area contributed by atoms with Gasteiger partial charge in [0.2, 0.25) is 5.69 Å². The lowest BCUT2D eigenvalue weighted by Gasteiger charge is -2.28. The van der Waals surface area contributed by atoms with Crippen molar-refractivity contribution in [3.63, 3.8) is 0 Å². The van der Waals surface area contributed by atoms with Crippen molar-refractivity contribution >= 4 is 35.2 Å². The molecule has 0 N–H and O–H groups in total. The van der Waals surface area contributed by atoms with Crippen LogP contribution in [-0.2, 0) is 17.9 Å². The van der Waals surface area contributed by atoms with E-state index in [1.165, 1.54) is 50.1 Å². The fourth-order valence-corrected chi connectivity index (χ4v) is 9.91. The van der Waals surface area contributed by atoms with Crippen LogP contribution in [0.25, 0.3) is 55.4 Å². The Bertz CT molecular complexity index is 2390. The van der Waals surface area contributed by atoms with Crippen LogP contribution in [0.15, 0.2) is 77.3 Å². The largest absolute Gasteiger partial charge is 0.455 e. The Labute approximate surface area is 319 Å². The number of benzene rings is 4. The number of rotatable bonds is 6. The van der Waals surface area contributed by atoms with Gasteiger partial charge in [-0.25, -0.2) is 4.57 Å². The van der Waals surface area contributed by atoms with E-state index in [2.05, 4.69) is 180 Å². The van der Waals surface area contributed by atoms with E-state index in [9.17, 15) is 5.26 Å². The second kappa shape index (κ2) is 13.4. The number of hydrogen-bond donors (Lipinski definition) is 0. The first-order valence-electron chi connectivity index (χ1n) is 19.4. The summed E-state index contributed by atoms with van der Waals surface area (Å²) in [6.45, 7) is 32.2. The lowest BCUT2D eigenvalue weighted by Crippen LogP contribution is -2.40. The van der Waals surface area contributed by atoms with E-state index in [0.717, 1.165) is 43.9 Å². The number of furan rings is 1. The summed E-state index contributed by atoms with van der Waals surface area (Å²) in [7, 11) is 0.249. The Morgan fingerprint density at radius 2 is 1.26 bits per heavy atom. The van der Waals surface area contributed by atoms with Crippen molar-refractivity contribution in [2.75, 3.05) is 0 Å². The Hall–Kier alpha value is -4.46. The molecule has 0 saturated carbocycles. The summed E-state index contributed by atoms with van der Waals surface area (Å²) >= 11 is 0. The molecule has 0 spiro atoms. The molecule has 4 heteroatoms. The van der Waals surface area contributed by atoms with Crippen molar-refractivity contribution in [3.05, 3.63) is 106 Å². The van der Waals surface area contributed by atoms with Crippen molar-refractivity contribution in [2.45, 2.75) is 118 Å². The summed E-state index contributed by atoms with van der Waals surface area (Å²) in [5, 5.41) is 13.4. The van der Waals surface area contributed by atoms with Gasteiger partial charge >= 0.3 is 0 Å². The third kappa shape index (κ3) is 6.90. The van der Waals surface area contributed by atoms with Gasteiger partial charge in [0.25, 0.3) is 0 Å². The molecule has 0 aliphatic carbocycles. The smallest absolute Gasteiger partial charge is 0.216 e. The van der Waals surface area contributed by atoms with Gasteiger partial charge in [0.05, 0.1) is 25.3 Å². The number of fused-ring (bicyclic) bond motifs is 3. The molecule has 0 radical (unpaired) electrons. The van der Waals surface area contributed by atoms with E-state index in [-0.39, 0.29) is 10.8 Å². The highest BCUT2D eigenvalue weighted by Crippen LogP contribution is 2.45. The van der Waals surface area contributed by atoms with Crippen LogP contribution in [-0.4, -0.2) is 8.07 Å². The topological polar surface area (TPSA) is 40.8 Å². The van der Waals surface area contributed by atoms with E-state index in [4.69, 9.17) is 4.42 Å². The Morgan fingerprint density at radius 1 is 0.698 bits per heavy atom. The van der Waals surface area contributed by atoms with E-state index in [0.29, 0.717) is 11.8 Å². The molecule has 0 atom stereocenters. The summed E-state index contributed by atoms with van der Waals surface area (Å²) < 4.78 is 9.31. The first-order chi connectivity index (χ1) is 24.6. The van der Waals surface area contributed by atoms with Gasteiger partial charge in [0.15, 0.2) is 6.20 Å². The van der Waals surface area contributed by atoms with Gasteiger partial charge in [0, 0.05) is 22.4 Å². The van der Waals surface area contributed by atoms with Crippen LogP contribution in [0.2, 0.25) is 19.6 Å². The zero-order chi connectivity index (χ0) is 38.9. The average molecular weight is 720 g/mol. The molecular formula is C49H59N2OSi+. The van der Waals surface area contributed by atoms with Crippen molar-refractivity contribution in [2.24, 2.45) is 7.05 Å². The highest BCUT2D eigenvalue weighted by Gasteiger charge is 2.32. The highest BCUT2D eigenvalue weighted by atomic mass is 28.3. The summed E-state index contributed by atoms with van der Waals surface area (Å²) in [5.74, 6) is 0.632. The fourth-order valence-electron chi connectivity index (χ4n) is 8.10. The highest BCUT2D eigenvalue weighted by molar-refractivity contribution is 6.90. The summed E-state index contributed by atoms with van der Waals surface area (Å²) in [6, 6.07) is 27.5. The molecule has 0 amide bonds. The fraction of sp³-hybridized carbons (Fsp3) is 0.388. The second-order valence-corrected chi connectivity index (χ2v) is 24.0. The molecule has 0 aliphatic heterocycles. The van der Waals surface area contributed by atoms with E-state index >= 15 is 0 Å². The minimum atomic E-state index is -1.93. The van der Waals surface area contributed by atoms with E-state index in [1.54, 1.807) is 0 Å². The molecule has 2 heterocycles. The molecule has 274 valence electrons. The minimum absolute atomic E-state index is 0.101. The Balaban J connectivity index is 1.69. The Morgan fingerprint density at radius 3 is 1.77 bits per heavy atom. The van der Waals surface area contributed by atoms with Gasteiger partial charge in [-0.2, -0.15) is 5.26 Å². The molecule has 0 unspecified atom stereocenters. The molecule has 4 aromatic carbocycles. The summed E-state index contributed by atoms with van der Waals surface area (Å²) in [4.78, 5) is 0. The van der Waals surface area contributed by atoms with Crippen LogP contribution >= 0.6 is 0 Å². The first kappa shape index (κ1) is 38.3. The average Bonchev–Trinajstić information content (AvgIpc) is 3.44. The predicted molar refractivity (Wildman–Crippen MR) is 229 cm³/mol. The maximum atomic E-state index is 10.1. The van der Waals surface area contributed by atoms with Crippen LogP contribution in [0.3, 0.4) is 0 Å². The van der Waals surface area contributed by atoms with Gasteiger partial charge in [-0.1, -0.05) is 137 Å². The molecule has 6 rings (SSSR count). The number of nitrogens with zero attached hydrogens (tertiary/aromatic N) is 2. The number of aromatic nitrogens is 1. The quantitative estimate of drug-likeness (QED) is 0.127. The zero-order valence-corrected chi connectivity index (χ0v) is 35.9. The van der Waals surface area contributed by atoms with Gasteiger partial charge in [-0.05, 0) is 91.4 Å². The van der Waals surface area contributed by atoms with E-state index in [1.807, 2.05) is 6.07 Å². The molecular weight excluding hydrogens is 661 g/mol. The Kier molecular flexibility index (Phi) is 9.70. The van der Waals surface area contributed by atoms with Crippen LogP contribution in [0.4, 0.5) is 0 Å². The SMILES string of the molecule is Cc1ccc2c(oc3c([Si](C)(C)C)c(C#N)ccc32)c1-c1cc(-c2c(C(C)C)cc(-c3ccc(C(C)(C)C)cc3)cc2C(C)C)c(C(C)(C)C)c[n+]1C. The number of nitriles is 1. The predicted octanol–water partition coefficient (Wildman–Crippen LogP) is 13.0. The second-order valence-electron chi connectivity index (χ2n) is 19.0. The maximum Gasteiger partial charge on any atom is 0.216 e.